The Morgan fingerprint density at radius 1 is 1.45 bits per heavy atom. The van der Waals surface area contributed by atoms with Crippen LogP contribution in [0.3, 0.4) is 0 Å². The van der Waals surface area contributed by atoms with Crippen molar-refractivity contribution in [1.29, 1.82) is 0 Å². The van der Waals surface area contributed by atoms with Crippen LogP contribution in [-0.2, 0) is 6.54 Å². The van der Waals surface area contributed by atoms with Crippen LogP contribution in [0.25, 0.3) is 0 Å². The summed E-state index contributed by atoms with van der Waals surface area (Å²) in [7, 11) is 1.65. The molecule has 118 valence electrons. The minimum atomic E-state index is 0.588. The van der Waals surface area contributed by atoms with Gasteiger partial charge in [-0.1, -0.05) is 6.07 Å². The van der Waals surface area contributed by atoms with Gasteiger partial charge in [0.05, 0.1) is 23.5 Å². The second-order valence-electron chi connectivity index (χ2n) is 4.86. The van der Waals surface area contributed by atoms with Crippen LogP contribution in [-0.4, -0.2) is 28.5 Å². The van der Waals surface area contributed by atoms with E-state index in [0.29, 0.717) is 5.11 Å². The molecule has 0 aliphatic rings. The summed E-state index contributed by atoms with van der Waals surface area (Å²) in [6, 6.07) is 5.94. The van der Waals surface area contributed by atoms with Gasteiger partial charge in [-0.2, -0.15) is 5.10 Å². The number of anilines is 1. The van der Waals surface area contributed by atoms with Crippen LogP contribution < -0.4 is 15.4 Å². The third-order valence-electron chi connectivity index (χ3n) is 3.05. The van der Waals surface area contributed by atoms with Crippen LogP contribution in [0.5, 0.6) is 5.75 Å². The van der Waals surface area contributed by atoms with Crippen LogP contribution in [0.15, 0.2) is 35.1 Å². The van der Waals surface area contributed by atoms with Gasteiger partial charge in [0, 0.05) is 19.3 Å². The number of hydrogen-bond acceptors (Lipinski definition) is 3. The van der Waals surface area contributed by atoms with Crippen molar-refractivity contribution in [2.45, 2.75) is 19.9 Å². The van der Waals surface area contributed by atoms with E-state index in [-0.39, 0.29) is 0 Å². The normalized spacial score (nSPS) is 10.3. The van der Waals surface area contributed by atoms with Crippen molar-refractivity contribution in [3.8, 4) is 5.75 Å². The lowest BCUT2D eigenvalue weighted by molar-refractivity contribution is 0.417. The molecule has 0 amide bonds. The molecular formula is C15H19BrN4OS. The lowest BCUT2D eigenvalue weighted by atomic mass is 10.2. The molecule has 1 heterocycles. The van der Waals surface area contributed by atoms with E-state index in [2.05, 4.69) is 31.7 Å². The first kappa shape index (κ1) is 16.8. The van der Waals surface area contributed by atoms with E-state index < -0.39 is 0 Å². The van der Waals surface area contributed by atoms with Gasteiger partial charge in [0.15, 0.2) is 5.11 Å². The molecule has 0 saturated carbocycles. The molecule has 0 bridgehead atoms. The topological polar surface area (TPSA) is 51.1 Å². The van der Waals surface area contributed by atoms with Gasteiger partial charge in [0.25, 0.3) is 0 Å². The van der Waals surface area contributed by atoms with Crippen molar-refractivity contribution in [2.75, 3.05) is 19.0 Å². The number of halogens is 1. The predicted molar refractivity (Wildman–Crippen MR) is 96.5 cm³/mol. The van der Waals surface area contributed by atoms with E-state index in [0.717, 1.165) is 41.0 Å². The molecule has 1 aromatic heterocycles. The Balaban J connectivity index is 1.77. The maximum Gasteiger partial charge on any atom is 0.170 e. The molecule has 0 unspecified atom stereocenters. The van der Waals surface area contributed by atoms with Gasteiger partial charge < -0.3 is 15.4 Å². The molecule has 0 radical (unpaired) electrons. The highest BCUT2D eigenvalue weighted by atomic mass is 79.9. The lowest BCUT2D eigenvalue weighted by Crippen LogP contribution is -2.30. The number of benzene rings is 1. The number of nitrogens with one attached hydrogen (secondary N) is 2. The monoisotopic (exact) mass is 382 g/mol. The SMILES string of the molecule is COc1ccc(C)cc1NC(=S)NCCCn1cc(Br)cn1. The van der Waals surface area contributed by atoms with Crippen LogP contribution in [0.1, 0.15) is 12.0 Å². The molecule has 0 saturated heterocycles. The highest BCUT2D eigenvalue weighted by Crippen LogP contribution is 2.24. The summed E-state index contributed by atoms with van der Waals surface area (Å²) < 4.78 is 8.21. The maximum absolute atomic E-state index is 5.32. The molecule has 0 atom stereocenters. The first-order valence-electron chi connectivity index (χ1n) is 6.96. The van der Waals surface area contributed by atoms with Crippen molar-refractivity contribution in [3.05, 3.63) is 40.6 Å². The number of methoxy groups -OCH3 is 1. The van der Waals surface area contributed by atoms with Crippen LogP contribution >= 0.6 is 28.1 Å². The Labute approximate surface area is 144 Å². The van der Waals surface area contributed by atoms with E-state index in [9.17, 15) is 0 Å². The quantitative estimate of drug-likeness (QED) is 0.592. The van der Waals surface area contributed by atoms with E-state index in [1.807, 2.05) is 36.0 Å². The van der Waals surface area contributed by atoms with Crippen molar-refractivity contribution in [2.24, 2.45) is 0 Å². The fraction of sp³-hybridized carbons (Fsp3) is 0.333. The fourth-order valence-corrected chi connectivity index (χ4v) is 2.53. The average Bonchev–Trinajstić information content (AvgIpc) is 2.89. The second kappa shape index (κ2) is 8.14. The smallest absolute Gasteiger partial charge is 0.170 e. The van der Waals surface area contributed by atoms with Gasteiger partial charge in [-0.25, -0.2) is 0 Å². The summed E-state index contributed by atoms with van der Waals surface area (Å²) in [5.74, 6) is 0.774. The summed E-state index contributed by atoms with van der Waals surface area (Å²) in [4.78, 5) is 0. The predicted octanol–water partition coefficient (Wildman–Crippen LogP) is 3.34. The van der Waals surface area contributed by atoms with Gasteiger partial charge in [0.1, 0.15) is 5.75 Å². The Bertz CT molecular complexity index is 644. The summed E-state index contributed by atoms with van der Waals surface area (Å²) in [6.07, 6.45) is 4.67. The molecule has 2 rings (SSSR count). The summed E-state index contributed by atoms with van der Waals surface area (Å²) in [6.45, 7) is 3.65. The third-order valence-corrected chi connectivity index (χ3v) is 3.71. The Hall–Kier alpha value is -1.60. The number of rotatable bonds is 6. The first-order chi connectivity index (χ1) is 10.6. The average molecular weight is 383 g/mol. The summed E-state index contributed by atoms with van der Waals surface area (Å²) >= 11 is 8.69. The molecule has 1 aromatic carbocycles. The van der Waals surface area contributed by atoms with Gasteiger partial charge in [-0.15, -0.1) is 0 Å². The zero-order valence-electron chi connectivity index (χ0n) is 12.6. The first-order valence-corrected chi connectivity index (χ1v) is 8.16. The second-order valence-corrected chi connectivity index (χ2v) is 6.18. The molecular weight excluding hydrogens is 364 g/mol. The van der Waals surface area contributed by atoms with Crippen molar-refractivity contribution in [1.82, 2.24) is 15.1 Å². The number of aryl methyl sites for hydroxylation is 2. The standard InChI is InChI=1S/C15H19BrN4OS/c1-11-4-5-14(21-2)13(8-11)19-15(22)17-6-3-7-20-10-12(16)9-18-20/h4-5,8-10H,3,6-7H2,1-2H3,(H2,17,19,22). The summed E-state index contributed by atoms with van der Waals surface area (Å²) in [5.41, 5.74) is 2.02. The molecule has 2 aromatic rings. The Morgan fingerprint density at radius 3 is 2.95 bits per heavy atom. The molecule has 0 fully saturated rings. The lowest BCUT2D eigenvalue weighted by Gasteiger charge is -2.14. The van der Waals surface area contributed by atoms with E-state index in [1.54, 1.807) is 13.3 Å². The van der Waals surface area contributed by atoms with E-state index >= 15 is 0 Å². The molecule has 5 nitrogen and oxygen atoms in total. The number of thiocarbonyl (C=S) groups is 1. The highest BCUT2D eigenvalue weighted by molar-refractivity contribution is 9.10. The van der Waals surface area contributed by atoms with Gasteiger partial charge in [-0.3, -0.25) is 4.68 Å². The van der Waals surface area contributed by atoms with Gasteiger partial charge >= 0.3 is 0 Å². The largest absolute Gasteiger partial charge is 0.495 e. The van der Waals surface area contributed by atoms with Crippen LogP contribution in [0.4, 0.5) is 5.69 Å². The van der Waals surface area contributed by atoms with Crippen LogP contribution in [0.2, 0.25) is 0 Å². The zero-order valence-corrected chi connectivity index (χ0v) is 15.0. The van der Waals surface area contributed by atoms with E-state index in [4.69, 9.17) is 17.0 Å². The number of nitrogens with zero attached hydrogens (tertiary/aromatic N) is 2. The molecule has 0 aliphatic heterocycles. The molecule has 22 heavy (non-hydrogen) atoms. The minimum Gasteiger partial charge on any atom is -0.495 e. The molecule has 7 heteroatoms. The molecule has 0 spiro atoms. The highest BCUT2D eigenvalue weighted by Gasteiger charge is 2.05. The van der Waals surface area contributed by atoms with Crippen molar-refractivity contribution in [3.63, 3.8) is 0 Å². The number of aromatic nitrogens is 2. The third kappa shape index (κ3) is 4.99. The van der Waals surface area contributed by atoms with Gasteiger partial charge in [-0.05, 0) is 59.2 Å². The minimum absolute atomic E-state index is 0.588. The number of hydrogen-bond donors (Lipinski definition) is 2. The Morgan fingerprint density at radius 2 is 2.27 bits per heavy atom. The Kier molecular flexibility index (Phi) is 6.21. The zero-order chi connectivity index (χ0) is 15.9. The van der Waals surface area contributed by atoms with Crippen molar-refractivity contribution < 1.29 is 4.74 Å². The van der Waals surface area contributed by atoms with Gasteiger partial charge in [0.2, 0.25) is 0 Å². The van der Waals surface area contributed by atoms with Crippen LogP contribution in [0, 0.1) is 6.92 Å². The molecule has 2 N–H and O–H groups in total. The van der Waals surface area contributed by atoms with E-state index in [1.165, 1.54) is 0 Å². The summed E-state index contributed by atoms with van der Waals surface area (Å²) in [5, 5.41) is 11.2. The molecule has 0 aliphatic carbocycles. The van der Waals surface area contributed by atoms with Crippen molar-refractivity contribution >= 4 is 38.9 Å². The number of ether oxygens (including phenoxy) is 1. The fourth-order valence-electron chi connectivity index (χ4n) is 1.99. The maximum atomic E-state index is 5.32.